The van der Waals surface area contributed by atoms with E-state index < -0.39 is 4.92 Å². The molecule has 0 bridgehead atoms. The van der Waals surface area contributed by atoms with E-state index in [0.717, 1.165) is 5.56 Å². The van der Waals surface area contributed by atoms with Gasteiger partial charge in [0.15, 0.2) is 16.6 Å². The number of hydrogen-bond acceptors (Lipinski definition) is 10. The highest BCUT2D eigenvalue weighted by molar-refractivity contribution is 7.14. The zero-order chi connectivity index (χ0) is 24.5. The molecule has 0 radical (unpaired) electrons. The molecule has 0 saturated carbocycles. The molecule has 0 atom stereocenters. The summed E-state index contributed by atoms with van der Waals surface area (Å²) in [6.45, 7) is 1.60. The van der Waals surface area contributed by atoms with Crippen molar-refractivity contribution in [2.45, 2.75) is 6.54 Å². The van der Waals surface area contributed by atoms with E-state index >= 15 is 0 Å². The van der Waals surface area contributed by atoms with Gasteiger partial charge in [-0.2, -0.15) is 0 Å². The van der Waals surface area contributed by atoms with Crippen LogP contribution in [0.2, 0.25) is 0 Å². The van der Waals surface area contributed by atoms with E-state index in [-0.39, 0.29) is 18.9 Å². The predicted octanol–water partition coefficient (Wildman–Crippen LogP) is 2.99. The Balaban J connectivity index is 1.92. The fraction of sp³-hybridized carbons (Fsp3) is 0.348. The quantitative estimate of drug-likeness (QED) is 0.212. The van der Waals surface area contributed by atoms with Crippen molar-refractivity contribution in [2.24, 2.45) is 0 Å². The molecule has 1 aromatic heterocycles. The zero-order valence-corrected chi connectivity index (χ0v) is 19.9. The Morgan fingerprint density at radius 2 is 1.79 bits per heavy atom. The van der Waals surface area contributed by atoms with Crippen LogP contribution in [0.1, 0.15) is 5.56 Å². The minimum atomic E-state index is -0.429. The standard InChI is InChI=1S/C23H28N4O6S/c1-32-21-7-6-17(12-22(21)33-2)14-26(16-25(8-10-28)9-11-29)23-24-20(15-34-23)18-4-3-5-19(13-18)27(30)31/h3-7,12-13,15,28-29H,8-11,14,16H2,1-2H3. The number of aromatic nitrogens is 1. The van der Waals surface area contributed by atoms with Crippen molar-refractivity contribution < 1.29 is 24.6 Å². The smallest absolute Gasteiger partial charge is 0.270 e. The monoisotopic (exact) mass is 488 g/mol. The SMILES string of the molecule is COc1ccc(CN(CN(CCO)CCO)c2nc(-c3cccc([N+](=O)[O-])c3)cs2)cc1OC. The van der Waals surface area contributed by atoms with Crippen LogP contribution in [0.5, 0.6) is 11.5 Å². The third-order valence-electron chi connectivity index (χ3n) is 5.14. The Morgan fingerprint density at radius 3 is 2.44 bits per heavy atom. The average Bonchev–Trinajstić information content (AvgIpc) is 3.34. The number of methoxy groups -OCH3 is 2. The molecule has 11 heteroatoms. The molecule has 182 valence electrons. The van der Waals surface area contributed by atoms with Gasteiger partial charge in [-0.15, -0.1) is 11.3 Å². The van der Waals surface area contributed by atoms with E-state index in [0.29, 0.717) is 54.2 Å². The number of thiazole rings is 1. The summed E-state index contributed by atoms with van der Waals surface area (Å²) in [7, 11) is 3.16. The normalized spacial score (nSPS) is 11.0. The number of anilines is 1. The van der Waals surface area contributed by atoms with Gasteiger partial charge in [0, 0.05) is 42.7 Å². The molecule has 0 unspecified atom stereocenters. The Labute approximate surface area is 201 Å². The van der Waals surface area contributed by atoms with Gasteiger partial charge in [0.1, 0.15) is 0 Å². The first-order valence-electron chi connectivity index (χ1n) is 10.6. The minimum absolute atomic E-state index is 0.00583. The van der Waals surface area contributed by atoms with E-state index in [2.05, 4.69) is 0 Å². The molecule has 0 saturated heterocycles. The first-order chi connectivity index (χ1) is 16.5. The fourth-order valence-corrected chi connectivity index (χ4v) is 4.30. The second-order valence-electron chi connectivity index (χ2n) is 7.42. The van der Waals surface area contributed by atoms with Gasteiger partial charge in [0.25, 0.3) is 5.69 Å². The molecule has 2 N–H and O–H groups in total. The van der Waals surface area contributed by atoms with Crippen LogP contribution < -0.4 is 14.4 Å². The van der Waals surface area contributed by atoms with E-state index in [4.69, 9.17) is 14.5 Å². The highest BCUT2D eigenvalue weighted by atomic mass is 32.1. The summed E-state index contributed by atoms with van der Waals surface area (Å²) in [6.07, 6.45) is 0. The van der Waals surface area contributed by atoms with Gasteiger partial charge in [-0.25, -0.2) is 4.98 Å². The molecule has 0 aliphatic heterocycles. The van der Waals surface area contributed by atoms with Crippen LogP contribution in [0.4, 0.5) is 10.8 Å². The maximum atomic E-state index is 11.2. The Hall–Kier alpha value is -3.25. The van der Waals surface area contributed by atoms with Gasteiger partial charge in [-0.05, 0) is 17.7 Å². The second kappa shape index (κ2) is 12.3. The number of ether oxygens (including phenoxy) is 2. The Kier molecular flexibility index (Phi) is 9.16. The molecule has 0 aliphatic carbocycles. The molecule has 3 aromatic rings. The van der Waals surface area contributed by atoms with Crippen LogP contribution in [-0.4, -0.2) is 72.2 Å². The maximum Gasteiger partial charge on any atom is 0.270 e. The van der Waals surface area contributed by atoms with Crippen molar-refractivity contribution in [2.75, 3.05) is 52.1 Å². The molecule has 1 heterocycles. The molecule has 0 spiro atoms. The van der Waals surface area contributed by atoms with Gasteiger partial charge in [0.2, 0.25) is 0 Å². The van der Waals surface area contributed by atoms with Crippen LogP contribution in [0.15, 0.2) is 47.8 Å². The second-order valence-corrected chi connectivity index (χ2v) is 8.25. The first kappa shape index (κ1) is 25.4. The molecule has 0 fully saturated rings. The lowest BCUT2D eigenvalue weighted by atomic mass is 10.1. The number of aliphatic hydroxyl groups is 2. The van der Waals surface area contributed by atoms with Crippen molar-refractivity contribution in [3.8, 4) is 22.8 Å². The summed E-state index contributed by atoms with van der Waals surface area (Å²) in [5, 5.41) is 32.6. The van der Waals surface area contributed by atoms with E-state index in [1.807, 2.05) is 33.4 Å². The highest BCUT2D eigenvalue weighted by Gasteiger charge is 2.18. The molecule has 0 aliphatic rings. The number of benzene rings is 2. The van der Waals surface area contributed by atoms with E-state index in [1.54, 1.807) is 26.4 Å². The Bertz CT molecular complexity index is 1090. The largest absolute Gasteiger partial charge is 0.493 e. The van der Waals surface area contributed by atoms with Crippen molar-refractivity contribution >= 4 is 22.2 Å². The first-order valence-corrected chi connectivity index (χ1v) is 11.5. The van der Waals surface area contributed by atoms with Crippen LogP contribution in [-0.2, 0) is 6.54 Å². The molecular formula is C23H28N4O6S. The molecule has 0 amide bonds. The summed E-state index contributed by atoms with van der Waals surface area (Å²) in [4.78, 5) is 19.4. The third kappa shape index (κ3) is 6.41. The van der Waals surface area contributed by atoms with Gasteiger partial charge < -0.3 is 24.6 Å². The van der Waals surface area contributed by atoms with Crippen LogP contribution in [0.25, 0.3) is 11.3 Å². The van der Waals surface area contributed by atoms with Gasteiger partial charge in [0.05, 0.1) is 44.7 Å². The highest BCUT2D eigenvalue weighted by Crippen LogP contribution is 2.32. The number of non-ortho nitro benzene ring substituents is 1. The van der Waals surface area contributed by atoms with Gasteiger partial charge >= 0.3 is 0 Å². The maximum absolute atomic E-state index is 11.2. The number of aliphatic hydroxyl groups excluding tert-OH is 2. The topological polar surface area (TPSA) is 121 Å². The minimum Gasteiger partial charge on any atom is -0.493 e. The van der Waals surface area contributed by atoms with Crippen LogP contribution in [0, 0.1) is 10.1 Å². The molecule has 3 rings (SSSR count). The number of nitrogens with zero attached hydrogens (tertiary/aromatic N) is 4. The molecule has 34 heavy (non-hydrogen) atoms. The summed E-state index contributed by atoms with van der Waals surface area (Å²) in [5.41, 5.74) is 2.26. The summed E-state index contributed by atoms with van der Waals surface area (Å²) >= 11 is 1.42. The number of hydrogen-bond donors (Lipinski definition) is 2. The van der Waals surface area contributed by atoms with Crippen molar-refractivity contribution in [1.29, 1.82) is 0 Å². The van der Waals surface area contributed by atoms with Crippen molar-refractivity contribution in [3.05, 3.63) is 63.5 Å². The lowest BCUT2D eigenvalue weighted by Crippen LogP contribution is -2.40. The number of nitro benzene ring substituents is 1. The van der Waals surface area contributed by atoms with Crippen molar-refractivity contribution in [3.63, 3.8) is 0 Å². The van der Waals surface area contributed by atoms with Crippen molar-refractivity contribution in [1.82, 2.24) is 9.88 Å². The third-order valence-corrected chi connectivity index (χ3v) is 6.04. The number of rotatable bonds is 13. The molecule has 2 aromatic carbocycles. The lowest BCUT2D eigenvalue weighted by molar-refractivity contribution is -0.384. The number of nitro groups is 1. The Morgan fingerprint density at radius 1 is 1.06 bits per heavy atom. The van der Waals surface area contributed by atoms with Gasteiger partial charge in [-0.3, -0.25) is 15.0 Å². The van der Waals surface area contributed by atoms with Crippen LogP contribution >= 0.6 is 11.3 Å². The molecular weight excluding hydrogens is 460 g/mol. The average molecular weight is 489 g/mol. The zero-order valence-electron chi connectivity index (χ0n) is 19.1. The lowest BCUT2D eigenvalue weighted by Gasteiger charge is -2.30. The predicted molar refractivity (Wildman–Crippen MR) is 131 cm³/mol. The van der Waals surface area contributed by atoms with Gasteiger partial charge in [-0.1, -0.05) is 18.2 Å². The summed E-state index contributed by atoms with van der Waals surface area (Å²) in [5.74, 6) is 1.24. The van der Waals surface area contributed by atoms with E-state index in [1.165, 1.54) is 23.5 Å². The van der Waals surface area contributed by atoms with E-state index in [9.17, 15) is 20.3 Å². The van der Waals surface area contributed by atoms with Crippen LogP contribution in [0.3, 0.4) is 0 Å². The fourth-order valence-electron chi connectivity index (χ4n) is 3.48. The summed E-state index contributed by atoms with van der Waals surface area (Å²) < 4.78 is 10.8. The summed E-state index contributed by atoms with van der Waals surface area (Å²) in [6, 6.07) is 12.0. The molecule has 10 nitrogen and oxygen atoms in total.